The summed E-state index contributed by atoms with van der Waals surface area (Å²) in [5.74, 6) is 0.107. The number of nitrogens with zero attached hydrogens (tertiary/aromatic N) is 3. The van der Waals surface area contributed by atoms with Gasteiger partial charge in [0.2, 0.25) is 5.95 Å². The lowest BCUT2D eigenvalue weighted by molar-refractivity contribution is 0.0955. The van der Waals surface area contributed by atoms with Crippen LogP contribution in [0.2, 0.25) is 0 Å². The number of nitrogens with one attached hydrogen (secondary N) is 1. The van der Waals surface area contributed by atoms with Crippen LogP contribution in [0.3, 0.4) is 0 Å². The quantitative estimate of drug-likeness (QED) is 0.540. The van der Waals surface area contributed by atoms with Gasteiger partial charge in [-0.25, -0.2) is 8.91 Å². The molecular weight excluding hydrogens is 381 g/mol. The Balaban J connectivity index is 1.52. The topological polar surface area (TPSA) is 94.5 Å². The molecule has 0 bridgehead atoms. The number of carbonyl (C=O) groups is 1. The van der Waals surface area contributed by atoms with Gasteiger partial charge in [0.1, 0.15) is 11.6 Å². The Labute approximate surface area is 163 Å². The van der Waals surface area contributed by atoms with E-state index in [1.807, 2.05) is 24.3 Å². The Morgan fingerprint density at radius 3 is 3.04 bits per heavy atom. The van der Waals surface area contributed by atoms with Crippen LogP contribution in [0.1, 0.15) is 15.2 Å². The average Bonchev–Trinajstić information content (AvgIpc) is 3.31. The summed E-state index contributed by atoms with van der Waals surface area (Å²) in [6, 6.07) is 10.4. The molecule has 9 heteroatoms. The fourth-order valence-electron chi connectivity index (χ4n) is 2.78. The highest BCUT2D eigenvalue weighted by molar-refractivity contribution is 7.12. The van der Waals surface area contributed by atoms with Gasteiger partial charge in [0, 0.05) is 24.4 Å². The second-order valence-electron chi connectivity index (χ2n) is 6.04. The molecule has 0 radical (unpaired) electrons. The number of aromatic nitrogens is 3. The SMILES string of the molecule is COc1cccc(CNC(=O)c2cc(-c3cn4nc(N)nc4cc3F)cs2)c1. The van der Waals surface area contributed by atoms with Gasteiger partial charge in [0.15, 0.2) is 5.65 Å². The summed E-state index contributed by atoms with van der Waals surface area (Å²) in [6.07, 6.45) is 1.51. The number of methoxy groups -OCH3 is 1. The van der Waals surface area contributed by atoms with Gasteiger partial charge in [-0.2, -0.15) is 4.98 Å². The van der Waals surface area contributed by atoms with Crippen LogP contribution in [0.5, 0.6) is 5.75 Å². The number of thiophene rings is 1. The number of rotatable bonds is 5. The molecule has 1 amide bonds. The van der Waals surface area contributed by atoms with Crippen LogP contribution in [-0.2, 0) is 6.54 Å². The molecule has 1 aromatic carbocycles. The number of amides is 1. The van der Waals surface area contributed by atoms with Gasteiger partial charge in [-0.3, -0.25) is 4.79 Å². The number of anilines is 1. The lowest BCUT2D eigenvalue weighted by Gasteiger charge is -2.06. The molecule has 0 aliphatic rings. The number of benzene rings is 1. The average molecular weight is 397 g/mol. The molecule has 7 nitrogen and oxygen atoms in total. The summed E-state index contributed by atoms with van der Waals surface area (Å²) in [5.41, 5.74) is 7.70. The van der Waals surface area contributed by atoms with E-state index >= 15 is 0 Å². The van der Waals surface area contributed by atoms with E-state index < -0.39 is 5.82 Å². The molecule has 28 heavy (non-hydrogen) atoms. The second-order valence-corrected chi connectivity index (χ2v) is 6.95. The van der Waals surface area contributed by atoms with E-state index in [-0.39, 0.29) is 11.9 Å². The highest BCUT2D eigenvalue weighted by Gasteiger charge is 2.15. The van der Waals surface area contributed by atoms with E-state index in [4.69, 9.17) is 10.5 Å². The molecule has 0 fully saturated rings. The summed E-state index contributed by atoms with van der Waals surface area (Å²) in [5, 5.41) is 8.57. The molecular formula is C19H16FN5O2S. The Kier molecular flexibility index (Phi) is 4.66. The van der Waals surface area contributed by atoms with E-state index in [1.54, 1.807) is 18.6 Å². The fourth-order valence-corrected chi connectivity index (χ4v) is 3.61. The standard InChI is InChI=1S/C19H16FN5O2S/c1-27-13-4-2-3-11(5-13)8-22-18(26)16-6-12(10-28-16)14-9-25-17(7-15(14)20)23-19(21)24-25/h2-7,9-10H,8H2,1H3,(H2,21,24)(H,22,26). The summed E-state index contributed by atoms with van der Waals surface area (Å²) in [7, 11) is 1.59. The number of hydrogen-bond donors (Lipinski definition) is 2. The normalized spacial score (nSPS) is 10.9. The fraction of sp³-hybridized carbons (Fsp3) is 0.105. The van der Waals surface area contributed by atoms with E-state index in [9.17, 15) is 9.18 Å². The first-order valence-electron chi connectivity index (χ1n) is 8.35. The van der Waals surface area contributed by atoms with Gasteiger partial charge in [-0.15, -0.1) is 16.4 Å². The lowest BCUT2D eigenvalue weighted by Crippen LogP contribution is -2.21. The maximum absolute atomic E-state index is 14.4. The largest absolute Gasteiger partial charge is 0.497 e. The van der Waals surface area contributed by atoms with Gasteiger partial charge in [0.05, 0.1) is 12.0 Å². The molecule has 4 aromatic rings. The van der Waals surface area contributed by atoms with Crippen LogP contribution in [0.4, 0.5) is 10.3 Å². The maximum atomic E-state index is 14.4. The van der Waals surface area contributed by atoms with Crippen LogP contribution in [0.15, 0.2) is 48.0 Å². The Bertz CT molecular complexity index is 1170. The van der Waals surface area contributed by atoms with Crippen LogP contribution in [0, 0.1) is 5.82 Å². The molecule has 0 aliphatic carbocycles. The zero-order chi connectivity index (χ0) is 19.7. The number of ether oxygens (including phenoxy) is 1. The molecule has 0 saturated heterocycles. The van der Waals surface area contributed by atoms with Gasteiger partial charge in [-0.05, 0) is 34.7 Å². The van der Waals surface area contributed by atoms with E-state index in [0.717, 1.165) is 11.3 Å². The minimum absolute atomic E-state index is 0.0690. The van der Waals surface area contributed by atoms with E-state index in [0.29, 0.717) is 28.2 Å². The number of halogens is 1. The summed E-state index contributed by atoms with van der Waals surface area (Å²) in [4.78, 5) is 16.9. The highest BCUT2D eigenvalue weighted by Crippen LogP contribution is 2.28. The Hall–Kier alpha value is -3.46. The van der Waals surface area contributed by atoms with Crippen molar-refractivity contribution in [1.29, 1.82) is 0 Å². The molecule has 0 spiro atoms. The van der Waals surface area contributed by atoms with Crippen molar-refractivity contribution in [3.63, 3.8) is 0 Å². The third-order valence-corrected chi connectivity index (χ3v) is 5.09. The number of carbonyl (C=O) groups excluding carboxylic acids is 1. The van der Waals surface area contributed by atoms with Gasteiger partial charge < -0.3 is 15.8 Å². The maximum Gasteiger partial charge on any atom is 0.261 e. The smallest absolute Gasteiger partial charge is 0.261 e. The monoisotopic (exact) mass is 397 g/mol. The zero-order valence-corrected chi connectivity index (χ0v) is 15.7. The van der Waals surface area contributed by atoms with Crippen molar-refractivity contribution in [2.24, 2.45) is 0 Å². The van der Waals surface area contributed by atoms with Crippen LogP contribution < -0.4 is 15.8 Å². The first-order chi connectivity index (χ1) is 13.5. The van der Waals surface area contributed by atoms with Crippen LogP contribution >= 0.6 is 11.3 Å². The van der Waals surface area contributed by atoms with Crippen molar-refractivity contribution in [2.75, 3.05) is 12.8 Å². The minimum atomic E-state index is -0.457. The predicted octanol–water partition coefficient (Wildman–Crippen LogP) is 3.12. The molecule has 3 heterocycles. The second kappa shape index (κ2) is 7.28. The minimum Gasteiger partial charge on any atom is -0.497 e. The number of pyridine rings is 1. The van der Waals surface area contributed by atoms with Gasteiger partial charge in [0.25, 0.3) is 5.91 Å². The summed E-state index contributed by atoms with van der Waals surface area (Å²) >= 11 is 1.24. The van der Waals surface area contributed by atoms with Gasteiger partial charge in [-0.1, -0.05) is 12.1 Å². The van der Waals surface area contributed by atoms with Crippen molar-refractivity contribution in [3.8, 4) is 16.9 Å². The Morgan fingerprint density at radius 2 is 2.21 bits per heavy atom. The molecule has 3 aromatic heterocycles. The number of nitrogens with two attached hydrogens (primary N) is 1. The van der Waals surface area contributed by atoms with Crippen molar-refractivity contribution in [3.05, 3.63) is 64.2 Å². The molecule has 142 valence electrons. The third-order valence-electron chi connectivity index (χ3n) is 4.16. The van der Waals surface area contributed by atoms with Crippen molar-refractivity contribution in [1.82, 2.24) is 19.9 Å². The van der Waals surface area contributed by atoms with E-state index in [2.05, 4.69) is 15.4 Å². The van der Waals surface area contributed by atoms with Crippen LogP contribution in [0.25, 0.3) is 16.8 Å². The summed E-state index contributed by atoms with van der Waals surface area (Å²) in [6.45, 7) is 0.363. The number of nitrogen functional groups attached to an aromatic ring is 1. The lowest BCUT2D eigenvalue weighted by atomic mass is 10.1. The first kappa shape index (κ1) is 17.9. The van der Waals surface area contributed by atoms with E-state index in [1.165, 1.54) is 28.1 Å². The van der Waals surface area contributed by atoms with Crippen molar-refractivity contribution >= 4 is 28.8 Å². The summed E-state index contributed by atoms with van der Waals surface area (Å²) < 4.78 is 21.0. The van der Waals surface area contributed by atoms with Gasteiger partial charge >= 0.3 is 0 Å². The first-order valence-corrected chi connectivity index (χ1v) is 9.23. The highest BCUT2D eigenvalue weighted by atomic mass is 32.1. The molecule has 0 aliphatic heterocycles. The predicted molar refractivity (Wildman–Crippen MR) is 105 cm³/mol. The third kappa shape index (κ3) is 3.52. The molecule has 0 unspecified atom stereocenters. The molecule has 0 saturated carbocycles. The zero-order valence-electron chi connectivity index (χ0n) is 14.8. The van der Waals surface area contributed by atoms with Crippen molar-refractivity contribution in [2.45, 2.75) is 6.54 Å². The number of hydrogen-bond acceptors (Lipinski definition) is 6. The molecule has 0 atom stereocenters. The molecule has 4 rings (SSSR count). The Morgan fingerprint density at radius 1 is 1.36 bits per heavy atom. The van der Waals surface area contributed by atoms with Crippen molar-refractivity contribution < 1.29 is 13.9 Å². The molecule has 3 N–H and O–H groups in total. The number of fused-ring (bicyclic) bond motifs is 1. The van der Waals surface area contributed by atoms with Crippen LogP contribution in [-0.4, -0.2) is 27.6 Å².